The van der Waals surface area contributed by atoms with Gasteiger partial charge in [0.05, 0.1) is 22.4 Å². The van der Waals surface area contributed by atoms with E-state index < -0.39 is 0 Å². The second-order valence-corrected chi connectivity index (χ2v) is 4.75. The molecule has 2 aromatic rings. The quantitative estimate of drug-likeness (QED) is 0.868. The zero-order valence-corrected chi connectivity index (χ0v) is 11.4. The van der Waals surface area contributed by atoms with Crippen molar-refractivity contribution in [1.29, 1.82) is 0 Å². The molecule has 0 radical (unpaired) electrons. The summed E-state index contributed by atoms with van der Waals surface area (Å²) >= 11 is 3.24. The van der Waals surface area contributed by atoms with Gasteiger partial charge in [-0.3, -0.25) is 9.48 Å². The predicted molar refractivity (Wildman–Crippen MR) is 70.1 cm³/mol. The van der Waals surface area contributed by atoms with Crippen LogP contribution in [0.3, 0.4) is 0 Å². The summed E-state index contributed by atoms with van der Waals surface area (Å²) in [5.41, 5.74) is 2.05. The number of halogens is 1. The molecule has 0 fully saturated rings. The molecule has 0 saturated carbocycles. The minimum Gasteiger partial charge on any atom is -0.309 e. The fourth-order valence-electron chi connectivity index (χ4n) is 1.70. The third kappa shape index (κ3) is 2.49. The largest absolute Gasteiger partial charge is 0.309 e. The van der Waals surface area contributed by atoms with E-state index in [1.807, 2.05) is 23.9 Å². The van der Waals surface area contributed by atoms with Crippen molar-refractivity contribution in [2.75, 3.05) is 0 Å². The Morgan fingerprint density at radius 3 is 2.88 bits per heavy atom. The van der Waals surface area contributed by atoms with Gasteiger partial charge in [-0.25, -0.2) is 0 Å². The predicted octanol–water partition coefficient (Wildman–Crippen LogP) is 1.96. The number of nitrogens with zero attached hydrogens (tertiary/aromatic N) is 3. The van der Waals surface area contributed by atoms with Gasteiger partial charge in [0.1, 0.15) is 0 Å². The summed E-state index contributed by atoms with van der Waals surface area (Å²) < 4.78 is 4.07. The van der Waals surface area contributed by atoms with Crippen LogP contribution in [0.5, 0.6) is 0 Å². The minimum atomic E-state index is -0.0215. The van der Waals surface area contributed by atoms with Crippen LogP contribution >= 0.6 is 15.9 Å². The minimum absolute atomic E-state index is 0.0215. The van der Waals surface area contributed by atoms with Crippen molar-refractivity contribution in [3.63, 3.8) is 0 Å². The molecular formula is C12H14BrN3O. The summed E-state index contributed by atoms with van der Waals surface area (Å²) in [7, 11) is 1.90. The Hall–Kier alpha value is -1.36. The first-order valence-corrected chi connectivity index (χ1v) is 6.28. The van der Waals surface area contributed by atoms with E-state index in [4.69, 9.17) is 0 Å². The normalized spacial score (nSPS) is 10.8. The van der Waals surface area contributed by atoms with Crippen molar-refractivity contribution in [3.8, 4) is 0 Å². The van der Waals surface area contributed by atoms with E-state index in [0.717, 1.165) is 17.8 Å². The fourth-order valence-corrected chi connectivity index (χ4v) is 2.08. The highest BCUT2D eigenvalue weighted by atomic mass is 79.9. The van der Waals surface area contributed by atoms with Crippen LogP contribution in [0.25, 0.3) is 0 Å². The Morgan fingerprint density at radius 1 is 1.47 bits per heavy atom. The molecule has 17 heavy (non-hydrogen) atoms. The number of pyridine rings is 1. The van der Waals surface area contributed by atoms with E-state index in [1.165, 1.54) is 0 Å². The summed E-state index contributed by atoms with van der Waals surface area (Å²) in [6.45, 7) is 2.61. The van der Waals surface area contributed by atoms with Crippen molar-refractivity contribution < 1.29 is 0 Å². The lowest BCUT2D eigenvalue weighted by molar-refractivity contribution is 0.648. The Labute approximate surface area is 108 Å². The molecule has 0 aliphatic rings. The highest BCUT2D eigenvalue weighted by Gasteiger charge is 2.06. The van der Waals surface area contributed by atoms with Crippen LogP contribution in [-0.4, -0.2) is 14.3 Å². The summed E-state index contributed by atoms with van der Waals surface area (Å²) in [6, 6.07) is 5.63. The molecule has 2 aromatic heterocycles. The van der Waals surface area contributed by atoms with E-state index >= 15 is 0 Å². The lowest BCUT2D eigenvalue weighted by Crippen LogP contribution is -2.21. The van der Waals surface area contributed by atoms with Gasteiger partial charge in [0.2, 0.25) is 0 Å². The Balaban J connectivity index is 2.34. The molecule has 0 aromatic carbocycles. The van der Waals surface area contributed by atoms with Crippen LogP contribution in [0.15, 0.2) is 33.7 Å². The molecule has 90 valence electrons. The molecule has 0 saturated heterocycles. The van der Waals surface area contributed by atoms with Gasteiger partial charge in [-0.1, -0.05) is 6.92 Å². The van der Waals surface area contributed by atoms with Crippen LogP contribution in [0, 0.1) is 0 Å². The molecule has 2 rings (SSSR count). The van der Waals surface area contributed by atoms with Gasteiger partial charge in [-0.05, 0) is 40.5 Å². The average Bonchev–Trinajstić information content (AvgIpc) is 2.66. The van der Waals surface area contributed by atoms with E-state index in [1.54, 1.807) is 16.8 Å². The SMILES string of the molecule is CCc1cc(Cn2cccc(Br)c2=O)n(C)n1. The standard InChI is InChI=1S/C12H14BrN3O/c1-3-9-7-10(15(2)14-9)8-16-6-4-5-11(13)12(16)17/h4-7H,3,8H2,1-2H3. The fraction of sp³-hybridized carbons (Fsp3) is 0.333. The first-order valence-electron chi connectivity index (χ1n) is 5.48. The maximum Gasteiger partial charge on any atom is 0.265 e. The van der Waals surface area contributed by atoms with Crippen molar-refractivity contribution >= 4 is 15.9 Å². The first kappa shape index (κ1) is 12.1. The van der Waals surface area contributed by atoms with Crippen LogP contribution in [0.1, 0.15) is 18.3 Å². The van der Waals surface area contributed by atoms with Gasteiger partial charge in [0.15, 0.2) is 0 Å². The highest BCUT2D eigenvalue weighted by molar-refractivity contribution is 9.10. The zero-order chi connectivity index (χ0) is 12.4. The van der Waals surface area contributed by atoms with E-state index in [0.29, 0.717) is 11.0 Å². The van der Waals surface area contributed by atoms with Gasteiger partial charge in [-0.15, -0.1) is 0 Å². The Kier molecular flexibility index (Phi) is 3.47. The van der Waals surface area contributed by atoms with Crippen molar-refractivity contribution in [3.05, 3.63) is 50.6 Å². The van der Waals surface area contributed by atoms with Crippen LogP contribution in [-0.2, 0) is 20.0 Å². The molecule has 5 heteroatoms. The van der Waals surface area contributed by atoms with Crippen molar-refractivity contribution in [2.24, 2.45) is 7.05 Å². The summed E-state index contributed by atoms with van der Waals surface area (Å²) in [4.78, 5) is 11.8. The third-order valence-corrected chi connectivity index (χ3v) is 3.30. The number of aromatic nitrogens is 3. The molecule has 0 amide bonds. The number of hydrogen-bond acceptors (Lipinski definition) is 2. The summed E-state index contributed by atoms with van der Waals surface area (Å²) in [6.07, 6.45) is 2.69. The topological polar surface area (TPSA) is 39.8 Å². The van der Waals surface area contributed by atoms with Crippen LogP contribution in [0.4, 0.5) is 0 Å². The molecule has 4 nitrogen and oxygen atoms in total. The maximum atomic E-state index is 11.8. The third-order valence-electron chi connectivity index (χ3n) is 2.70. The lowest BCUT2D eigenvalue weighted by atomic mass is 10.3. The highest BCUT2D eigenvalue weighted by Crippen LogP contribution is 2.07. The second-order valence-electron chi connectivity index (χ2n) is 3.89. The molecule has 0 spiro atoms. The maximum absolute atomic E-state index is 11.8. The van der Waals surface area contributed by atoms with Crippen molar-refractivity contribution in [2.45, 2.75) is 19.9 Å². The molecule has 0 N–H and O–H groups in total. The molecule has 0 aliphatic heterocycles. The Morgan fingerprint density at radius 2 is 2.24 bits per heavy atom. The number of aryl methyl sites for hydroxylation is 2. The first-order chi connectivity index (χ1) is 8.11. The smallest absolute Gasteiger partial charge is 0.265 e. The molecule has 0 atom stereocenters. The molecule has 0 unspecified atom stereocenters. The van der Waals surface area contributed by atoms with Gasteiger partial charge >= 0.3 is 0 Å². The molecule has 0 bridgehead atoms. The second kappa shape index (κ2) is 4.87. The van der Waals surface area contributed by atoms with E-state index in [2.05, 4.69) is 28.0 Å². The van der Waals surface area contributed by atoms with Gasteiger partial charge in [-0.2, -0.15) is 5.10 Å². The number of rotatable bonds is 3. The zero-order valence-electron chi connectivity index (χ0n) is 9.85. The summed E-state index contributed by atoms with van der Waals surface area (Å²) in [5, 5.41) is 4.37. The lowest BCUT2D eigenvalue weighted by Gasteiger charge is -2.05. The van der Waals surface area contributed by atoms with Gasteiger partial charge < -0.3 is 4.57 Å². The Bertz CT molecular complexity index is 586. The monoisotopic (exact) mass is 295 g/mol. The molecule has 0 aliphatic carbocycles. The van der Waals surface area contributed by atoms with Gasteiger partial charge in [0.25, 0.3) is 5.56 Å². The molecular weight excluding hydrogens is 282 g/mol. The van der Waals surface area contributed by atoms with E-state index in [-0.39, 0.29) is 5.56 Å². The van der Waals surface area contributed by atoms with Crippen molar-refractivity contribution in [1.82, 2.24) is 14.3 Å². The van der Waals surface area contributed by atoms with Gasteiger partial charge in [0, 0.05) is 13.2 Å². The molecule has 2 heterocycles. The van der Waals surface area contributed by atoms with Crippen LogP contribution in [0.2, 0.25) is 0 Å². The average molecular weight is 296 g/mol. The van der Waals surface area contributed by atoms with Crippen LogP contribution < -0.4 is 5.56 Å². The number of hydrogen-bond donors (Lipinski definition) is 0. The summed E-state index contributed by atoms with van der Waals surface area (Å²) in [5.74, 6) is 0. The van der Waals surface area contributed by atoms with E-state index in [9.17, 15) is 4.79 Å².